The Hall–Kier alpha value is -6.12. The fourth-order valence-electron chi connectivity index (χ4n) is 7.31. The van der Waals surface area contributed by atoms with Crippen LogP contribution in [0.15, 0.2) is 176 Å². The van der Waals surface area contributed by atoms with E-state index >= 15 is 0 Å². The molecule has 2 heteroatoms. The molecule has 54 heavy (non-hydrogen) atoms. The Morgan fingerprint density at radius 2 is 1.07 bits per heavy atom. The van der Waals surface area contributed by atoms with Crippen LogP contribution < -0.4 is 5.73 Å². The Bertz CT molecular complexity index is 2330. The number of allylic oxidation sites excluding steroid dienone is 5. The van der Waals surface area contributed by atoms with Crippen LogP contribution in [0.2, 0.25) is 0 Å². The number of nitrogen functional groups attached to an aromatic ring is 1. The SMILES string of the molecule is C1=Cc2c(c3cc(C4=CC(c5ccc(-c6ccccc6)cc5)=CCC4)c(-c4ccccc4)cc3n2-c2ccccc2)CC1.CC.CC.Nc1ccccc1. The third-order valence-corrected chi connectivity index (χ3v) is 9.77. The molecule has 270 valence electrons. The van der Waals surface area contributed by atoms with Gasteiger partial charge >= 0.3 is 0 Å². The van der Waals surface area contributed by atoms with E-state index in [1.807, 2.05) is 58.0 Å². The lowest BCUT2D eigenvalue weighted by molar-refractivity contribution is 0.967. The number of anilines is 1. The molecular weight excluding hydrogens is 653 g/mol. The summed E-state index contributed by atoms with van der Waals surface area (Å²) in [5.74, 6) is 0. The molecule has 0 unspecified atom stereocenters. The highest BCUT2D eigenvalue weighted by atomic mass is 15.0. The van der Waals surface area contributed by atoms with E-state index in [-0.39, 0.29) is 0 Å². The minimum atomic E-state index is 0.822. The van der Waals surface area contributed by atoms with Crippen molar-refractivity contribution >= 4 is 33.8 Å². The molecule has 1 aromatic heterocycles. The first-order chi connectivity index (χ1) is 26.7. The van der Waals surface area contributed by atoms with Crippen LogP contribution in [0.3, 0.4) is 0 Å². The summed E-state index contributed by atoms with van der Waals surface area (Å²) < 4.78 is 2.46. The zero-order chi connectivity index (χ0) is 37.7. The van der Waals surface area contributed by atoms with E-state index in [0.29, 0.717) is 0 Å². The van der Waals surface area contributed by atoms with Gasteiger partial charge in [0.05, 0.1) is 5.52 Å². The van der Waals surface area contributed by atoms with Crippen LogP contribution >= 0.6 is 0 Å². The quantitative estimate of drug-likeness (QED) is 0.178. The van der Waals surface area contributed by atoms with E-state index in [1.165, 1.54) is 72.4 Å². The van der Waals surface area contributed by atoms with Gasteiger partial charge in [-0.3, -0.25) is 0 Å². The molecule has 0 bridgehead atoms. The van der Waals surface area contributed by atoms with Crippen molar-refractivity contribution in [2.75, 3.05) is 5.73 Å². The monoisotopic (exact) mass is 704 g/mol. The Morgan fingerprint density at radius 3 is 1.69 bits per heavy atom. The lowest BCUT2D eigenvalue weighted by atomic mass is 9.85. The van der Waals surface area contributed by atoms with Gasteiger partial charge in [-0.2, -0.15) is 0 Å². The molecule has 0 atom stereocenters. The molecule has 9 rings (SSSR count). The lowest BCUT2D eigenvalue weighted by Gasteiger charge is -2.19. The van der Waals surface area contributed by atoms with Gasteiger partial charge in [-0.05, 0) is 118 Å². The molecule has 0 saturated carbocycles. The number of aromatic nitrogens is 1. The highest BCUT2D eigenvalue weighted by Crippen LogP contribution is 2.42. The first kappa shape index (κ1) is 37.6. The maximum absolute atomic E-state index is 5.36. The van der Waals surface area contributed by atoms with E-state index in [0.717, 1.165) is 31.4 Å². The van der Waals surface area contributed by atoms with E-state index < -0.39 is 0 Å². The predicted octanol–water partition coefficient (Wildman–Crippen LogP) is 14.5. The average molecular weight is 705 g/mol. The van der Waals surface area contributed by atoms with Crippen LogP contribution in [0.5, 0.6) is 0 Å². The molecule has 2 N–H and O–H groups in total. The molecule has 1 heterocycles. The molecule has 0 spiro atoms. The molecule has 0 aliphatic heterocycles. The van der Waals surface area contributed by atoms with E-state index in [4.69, 9.17) is 5.73 Å². The van der Waals surface area contributed by atoms with Crippen molar-refractivity contribution in [3.05, 3.63) is 198 Å². The van der Waals surface area contributed by atoms with Gasteiger partial charge in [-0.15, -0.1) is 0 Å². The van der Waals surface area contributed by atoms with Gasteiger partial charge in [0.2, 0.25) is 0 Å². The van der Waals surface area contributed by atoms with Crippen LogP contribution in [0.1, 0.15) is 69.3 Å². The first-order valence-electron chi connectivity index (χ1n) is 19.6. The van der Waals surface area contributed by atoms with Gasteiger partial charge in [0.1, 0.15) is 0 Å². The van der Waals surface area contributed by atoms with Crippen molar-refractivity contribution in [2.24, 2.45) is 0 Å². The van der Waals surface area contributed by atoms with Crippen molar-refractivity contribution in [1.82, 2.24) is 4.57 Å². The summed E-state index contributed by atoms with van der Waals surface area (Å²) in [5, 5.41) is 1.38. The zero-order valence-corrected chi connectivity index (χ0v) is 32.2. The summed E-state index contributed by atoms with van der Waals surface area (Å²) in [5.41, 5.74) is 21.9. The van der Waals surface area contributed by atoms with Crippen molar-refractivity contribution in [1.29, 1.82) is 0 Å². The van der Waals surface area contributed by atoms with Gasteiger partial charge in [-0.25, -0.2) is 0 Å². The van der Waals surface area contributed by atoms with Crippen molar-refractivity contribution in [3.63, 3.8) is 0 Å². The van der Waals surface area contributed by atoms with Gasteiger partial charge in [0.15, 0.2) is 0 Å². The molecule has 7 aromatic rings. The smallest absolute Gasteiger partial charge is 0.0544 e. The Morgan fingerprint density at radius 1 is 0.519 bits per heavy atom. The number of para-hydroxylation sites is 2. The van der Waals surface area contributed by atoms with Gasteiger partial charge in [0, 0.05) is 22.5 Å². The summed E-state index contributed by atoms with van der Waals surface area (Å²) in [7, 11) is 0. The maximum atomic E-state index is 5.36. The highest BCUT2D eigenvalue weighted by Gasteiger charge is 2.22. The molecule has 2 nitrogen and oxygen atoms in total. The summed E-state index contributed by atoms with van der Waals surface area (Å²) in [4.78, 5) is 0. The predicted molar refractivity (Wildman–Crippen MR) is 237 cm³/mol. The molecule has 0 fully saturated rings. The number of hydrogen-bond donors (Lipinski definition) is 1. The first-order valence-corrected chi connectivity index (χ1v) is 19.6. The zero-order valence-electron chi connectivity index (χ0n) is 32.2. The summed E-state index contributed by atoms with van der Waals surface area (Å²) in [6.45, 7) is 8.00. The second-order valence-corrected chi connectivity index (χ2v) is 13.0. The standard InChI is InChI=1S/C42H33N.C6H7N.2C2H6/c1-4-13-30(14-5-1)31-23-25-32(26-24-31)34-17-12-18-35(27-34)38-28-40-37-21-10-11-22-41(37)43(36-19-8-3-9-20-36)42(40)29-39(38)33-15-6-2-7-16-33;7-6-4-2-1-3-5-6;2*1-2/h1-9,11,13-17,19-20,22-29H,10,12,18,21H2;1-5H,7H2;2*1-2H3. The minimum absolute atomic E-state index is 0.822. The van der Waals surface area contributed by atoms with E-state index in [9.17, 15) is 0 Å². The number of rotatable bonds is 5. The van der Waals surface area contributed by atoms with Crippen LogP contribution in [0.4, 0.5) is 5.69 Å². The Kier molecular flexibility index (Phi) is 12.9. The number of aryl methyl sites for hydroxylation is 1. The Balaban J connectivity index is 0.000000399. The minimum Gasteiger partial charge on any atom is -0.399 e. The lowest BCUT2D eigenvalue weighted by Crippen LogP contribution is -2.00. The molecule has 0 amide bonds. The van der Waals surface area contributed by atoms with E-state index in [2.05, 4.69) is 156 Å². The third-order valence-electron chi connectivity index (χ3n) is 9.77. The number of hydrogen-bond acceptors (Lipinski definition) is 1. The molecular formula is C52H52N2. The highest BCUT2D eigenvalue weighted by molar-refractivity contribution is 6.00. The third kappa shape index (κ3) is 8.40. The number of benzene rings is 6. The van der Waals surface area contributed by atoms with Crippen LogP contribution in [0.25, 0.3) is 56.1 Å². The molecule has 0 radical (unpaired) electrons. The average Bonchev–Trinajstić information content (AvgIpc) is 3.59. The summed E-state index contributed by atoms with van der Waals surface area (Å²) >= 11 is 0. The van der Waals surface area contributed by atoms with Crippen LogP contribution in [-0.2, 0) is 6.42 Å². The molecule has 2 aliphatic carbocycles. The summed E-state index contributed by atoms with van der Waals surface area (Å²) in [6, 6.07) is 55.9. The molecule has 6 aromatic carbocycles. The molecule has 2 aliphatic rings. The van der Waals surface area contributed by atoms with Crippen LogP contribution in [-0.4, -0.2) is 4.57 Å². The fraction of sp³-hybridized carbons (Fsp3) is 0.154. The van der Waals surface area contributed by atoms with Gasteiger partial charge < -0.3 is 10.3 Å². The van der Waals surface area contributed by atoms with Crippen LogP contribution in [0, 0.1) is 0 Å². The Labute approximate surface area is 322 Å². The second kappa shape index (κ2) is 18.6. The maximum Gasteiger partial charge on any atom is 0.0544 e. The topological polar surface area (TPSA) is 30.9 Å². The van der Waals surface area contributed by atoms with Crippen molar-refractivity contribution in [3.8, 4) is 27.9 Å². The van der Waals surface area contributed by atoms with Crippen molar-refractivity contribution < 1.29 is 0 Å². The fourth-order valence-corrected chi connectivity index (χ4v) is 7.31. The van der Waals surface area contributed by atoms with Crippen molar-refractivity contribution in [2.45, 2.75) is 53.4 Å². The van der Waals surface area contributed by atoms with E-state index in [1.54, 1.807) is 0 Å². The number of nitrogens with zero attached hydrogens (tertiary/aromatic N) is 1. The number of nitrogens with two attached hydrogens (primary N) is 1. The summed E-state index contributed by atoms with van der Waals surface area (Å²) in [6.07, 6.45) is 13.7. The van der Waals surface area contributed by atoms with Gasteiger partial charge in [-0.1, -0.05) is 167 Å². The second-order valence-electron chi connectivity index (χ2n) is 13.0. The number of fused-ring (bicyclic) bond motifs is 3. The normalized spacial score (nSPS) is 12.7. The largest absolute Gasteiger partial charge is 0.399 e. The van der Waals surface area contributed by atoms with Gasteiger partial charge in [0.25, 0.3) is 0 Å². The molecule has 0 saturated heterocycles.